The summed E-state index contributed by atoms with van der Waals surface area (Å²) in [5, 5.41) is 8.89. The number of benzene rings is 2. The Morgan fingerprint density at radius 3 is 2.56 bits per heavy atom. The van der Waals surface area contributed by atoms with Crippen molar-refractivity contribution in [2.75, 3.05) is 0 Å². The molecule has 0 N–H and O–H groups in total. The Morgan fingerprint density at radius 2 is 1.84 bits per heavy atom. The quantitative estimate of drug-likeness (QED) is 0.490. The van der Waals surface area contributed by atoms with Gasteiger partial charge in [-0.25, -0.2) is 4.39 Å². The molecule has 0 unspecified atom stereocenters. The van der Waals surface area contributed by atoms with Gasteiger partial charge in [0.15, 0.2) is 0 Å². The smallest absolute Gasteiger partial charge is 0.277 e. The van der Waals surface area contributed by atoms with Crippen molar-refractivity contribution in [3.63, 3.8) is 0 Å². The van der Waals surface area contributed by atoms with Crippen LogP contribution in [0.4, 0.5) is 4.39 Å². The van der Waals surface area contributed by atoms with Gasteiger partial charge in [0.05, 0.1) is 5.02 Å². The van der Waals surface area contributed by atoms with Gasteiger partial charge in [0, 0.05) is 11.7 Å². The van der Waals surface area contributed by atoms with Gasteiger partial charge in [0.2, 0.25) is 5.89 Å². The maximum Gasteiger partial charge on any atom is 0.277 e. The van der Waals surface area contributed by atoms with E-state index >= 15 is 0 Å². The van der Waals surface area contributed by atoms with E-state index in [0.29, 0.717) is 23.5 Å². The SMILES string of the molecule is C[C@@H](Cc1nnc(S[C@H](C)c2ccc(F)c(Cl)c2)o1)c1ccccc1. The molecule has 130 valence electrons. The van der Waals surface area contributed by atoms with Crippen LogP contribution in [0.3, 0.4) is 0 Å². The number of nitrogens with zero attached hydrogens (tertiary/aromatic N) is 2. The lowest BCUT2D eigenvalue weighted by Crippen LogP contribution is -1.98. The molecule has 2 aromatic carbocycles. The monoisotopic (exact) mass is 376 g/mol. The zero-order chi connectivity index (χ0) is 17.8. The number of aromatic nitrogens is 2. The zero-order valence-corrected chi connectivity index (χ0v) is 15.5. The van der Waals surface area contributed by atoms with Gasteiger partial charge in [0.1, 0.15) is 5.82 Å². The van der Waals surface area contributed by atoms with E-state index in [9.17, 15) is 4.39 Å². The van der Waals surface area contributed by atoms with Crippen LogP contribution in [0.1, 0.15) is 42.0 Å². The highest BCUT2D eigenvalue weighted by molar-refractivity contribution is 7.99. The predicted octanol–water partition coefficient (Wildman–Crippen LogP) is 6.06. The topological polar surface area (TPSA) is 38.9 Å². The van der Waals surface area contributed by atoms with E-state index in [0.717, 1.165) is 5.56 Å². The molecule has 0 bridgehead atoms. The Hall–Kier alpha value is -1.85. The molecule has 25 heavy (non-hydrogen) atoms. The van der Waals surface area contributed by atoms with Crippen LogP contribution >= 0.6 is 23.4 Å². The van der Waals surface area contributed by atoms with E-state index in [1.54, 1.807) is 12.1 Å². The van der Waals surface area contributed by atoms with E-state index < -0.39 is 5.82 Å². The second-order valence-electron chi connectivity index (χ2n) is 5.91. The van der Waals surface area contributed by atoms with Crippen molar-refractivity contribution in [3.8, 4) is 0 Å². The van der Waals surface area contributed by atoms with Crippen LogP contribution in [0.25, 0.3) is 0 Å². The van der Waals surface area contributed by atoms with Crippen molar-refractivity contribution in [3.05, 3.63) is 76.4 Å². The van der Waals surface area contributed by atoms with Crippen molar-refractivity contribution >= 4 is 23.4 Å². The first kappa shape index (κ1) is 18.0. The van der Waals surface area contributed by atoms with Gasteiger partial charge in [-0.1, -0.05) is 66.7 Å². The molecule has 1 aromatic heterocycles. The summed E-state index contributed by atoms with van der Waals surface area (Å²) in [6.07, 6.45) is 0.689. The minimum atomic E-state index is -0.419. The minimum absolute atomic E-state index is 0.0259. The maximum absolute atomic E-state index is 13.3. The number of hydrogen-bond donors (Lipinski definition) is 0. The van der Waals surface area contributed by atoms with Crippen molar-refractivity contribution in [2.45, 2.75) is 36.7 Å². The molecule has 0 saturated heterocycles. The summed E-state index contributed by atoms with van der Waals surface area (Å²) in [5.41, 5.74) is 2.15. The molecule has 3 rings (SSSR count). The van der Waals surface area contributed by atoms with Crippen LogP contribution in [-0.4, -0.2) is 10.2 Å². The highest BCUT2D eigenvalue weighted by atomic mass is 35.5. The Morgan fingerprint density at radius 1 is 1.08 bits per heavy atom. The molecule has 1 heterocycles. The molecule has 3 aromatic rings. The third-order valence-electron chi connectivity index (χ3n) is 3.99. The highest BCUT2D eigenvalue weighted by Crippen LogP contribution is 2.35. The lowest BCUT2D eigenvalue weighted by Gasteiger charge is -2.10. The molecule has 0 amide bonds. The normalized spacial score (nSPS) is 13.6. The van der Waals surface area contributed by atoms with E-state index in [1.807, 2.05) is 25.1 Å². The average Bonchev–Trinajstić information content (AvgIpc) is 3.04. The molecule has 0 spiro atoms. The first-order chi connectivity index (χ1) is 12.0. The lowest BCUT2D eigenvalue weighted by molar-refractivity contribution is 0.404. The van der Waals surface area contributed by atoms with E-state index in [2.05, 4.69) is 29.3 Å². The van der Waals surface area contributed by atoms with Crippen molar-refractivity contribution in [2.24, 2.45) is 0 Å². The van der Waals surface area contributed by atoms with Crippen LogP contribution in [-0.2, 0) is 6.42 Å². The number of hydrogen-bond acceptors (Lipinski definition) is 4. The number of halogens is 2. The molecule has 0 aliphatic carbocycles. The van der Waals surface area contributed by atoms with Crippen molar-refractivity contribution < 1.29 is 8.81 Å². The fraction of sp³-hybridized carbons (Fsp3) is 0.263. The molecular weight excluding hydrogens is 359 g/mol. The van der Waals surface area contributed by atoms with Crippen LogP contribution < -0.4 is 0 Å². The Balaban J connectivity index is 1.64. The molecule has 0 fully saturated rings. The van der Waals surface area contributed by atoms with E-state index in [-0.39, 0.29) is 10.3 Å². The summed E-state index contributed by atoms with van der Waals surface area (Å²) in [7, 11) is 0. The molecular formula is C19H18ClFN2OS. The average molecular weight is 377 g/mol. The Bertz CT molecular complexity index is 840. The van der Waals surface area contributed by atoms with E-state index in [1.165, 1.54) is 23.4 Å². The van der Waals surface area contributed by atoms with Crippen LogP contribution in [0, 0.1) is 5.82 Å². The number of thioether (sulfide) groups is 1. The lowest BCUT2D eigenvalue weighted by atomic mass is 9.98. The second-order valence-corrected chi connectivity index (χ2v) is 7.61. The molecule has 0 aliphatic rings. The molecule has 0 saturated carbocycles. The molecule has 6 heteroatoms. The van der Waals surface area contributed by atoms with Gasteiger partial charge >= 0.3 is 0 Å². The highest BCUT2D eigenvalue weighted by Gasteiger charge is 2.16. The van der Waals surface area contributed by atoms with E-state index in [4.69, 9.17) is 16.0 Å². The Labute approximate surface area is 155 Å². The fourth-order valence-electron chi connectivity index (χ4n) is 2.51. The number of rotatable bonds is 6. The standard InChI is InChI=1S/C19H18ClFN2OS/c1-12(14-6-4-3-5-7-14)10-18-22-23-19(24-18)25-13(2)15-8-9-17(21)16(20)11-15/h3-9,11-13H,10H2,1-2H3/t12-,13+/m0/s1. The molecule has 3 nitrogen and oxygen atoms in total. The summed E-state index contributed by atoms with van der Waals surface area (Å²) in [6.45, 7) is 4.13. The first-order valence-electron chi connectivity index (χ1n) is 8.02. The van der Waals surface area contributed by atoms with Crippen molar-refractivity contribution in [1.29, 1.82) is 0 Å². The minimum Gasteiger partial charge on any atom is -0.416 e. The maximum atomic E-state index is 13.3. The van der Waals surface area contributed by atoms with Crippen molar-refractivity contribution in [1.82, 2.24) is 10.2 Å². The molecule has 0 radical (unpaired) electrons. The summed E-state index contributed by atoms with van der Waals surface area (Å²) in [5.74, 6) is 0.494. The molecule has 2 atom stereocenters. The third-order valence-corrected chi connectivity index (χ3v) is 5.27. The van der Waals surface area contributed by atoms with Crippen LogP contribution in [0.15, 0.2) is 58.2 Å². The van der Waals surface area contributed by atoms with Gasteiger partial charge in [-0.2, -0.15) is 0 Å². The summed E-state index contributed by atoms with van der Waals surface area (Å²) < 4.78 is 19.0. The predicted molar refractivity (Wildman–Crippen MR) is 98.5 cm³/mol. The third kappa shape index (κ3) is 4.61. The molecule has 0 aliphatic heterocycles. The first-order valence-corrected chi connectivity index (χ1v) is 9.27. The van der Waals surface area contributed by atoms with Gasteiger partial charge in [-0.15, -0.1) is 10.2 Å². The van der Waals surface area contributed by atoms with Gasteiger partial charge in [0.25, 0.3) is 5.22 Å². The zero-order valence-electron chi connectivity index (χ0n) is 13.9. The summed E-state index contributed by atoms with van der Waals surface area (Å²) in [4.78, 5) is 0. The summed E-state index contributed by atoms with van der Waals surface area (Å²) in [6, 6.07) is 15.0. The summed E-state index contributed by atoms with van der Waals surface area (Å²) >= 11 is 7.28. The van der Waals surface area contributed by atoms with Crippen LogP contribution in [0.5, 0.6) is 0 Å². The van der Waals surface area contributed by atoms with Gasteiger partial charge in [-0.3, -0.25) is 0 Å². The Kier molecular flexibility index (Phi) is 5.76. The second kappa shape index (κ2) is 8.02. The fourth-order valence-corrected chi connectivity index (χ4v) is 3.52. The van der Waals surface area contributed by atoms with Gasteiger partial charge in [-0.05, 0) is 36.1 Å². The largest absolute Gasteiger partial charge is 0.416 e. The van der Waals surface area contributed by atoms with Crippen LogP contribution in [0.2, 0.25) is 5.02 Å². The van der Waals surface area contributed by atoms with Gasteiger partial charge < -0.3 is 4.42 Å².